The van der Waals surface area contributed by atoms with E-state index in [0.717, 1.165) is 0 Å². The van der Waals surface area contributed by atoms with Gasteiger partial charge in [0.05, 0.1) is 5.41 Å². The number of nitrogens with one attached hydrogen (secondary N) is 1. The second-order valence-corrected chi connectivity index (χ2v) is 3.79. The van der Waals surface area contributed by atoms with Crippen molar-refractivity contribution in [2.24, 2.45) is 5.41 Å². The van der Waals surface area contributed by atoms with E-state index in [1.807, 2.05) is 13.8 Å². The largest absolute Gasteiger partial charge is 0.361 e. The standard InChI is InChI=1S/C7H12N2OS/c1-7(2)4-8-6(11)9(3)5(7)10/h4H2,1-3H3,(H,8,11). The van der Waals surface area contributed by atoms with Crippen LogP contribution in [0, 0.1) is 5.41 Å². The molecule has 1 saturated heterocycles. The third-order valence-electron chi connectivity index (χ3n) is 1.87. The van der Waals surface area contributed by atoms with Crippen LogP contribution in [0.1, 0.15) is 13.8 Å². The van der Waals surface area contributed by atoms with Crippen LogP contribution in [0.4, 0.5) is 0 Å². The first-order valence-corrected chi connectivity index (χ1v) is 3.92. The Morgan fingerprint density at radius 2 is 2.18 bits per heavy atom. The normalized spacial score (nSPS) is 23.4. The molecule has 0 radical (unpaired) electrons. The second-order valence-electron chi connectivity index (χ2n) is 3.41. The molecule has 1 aliphatic rings. The zero-order valence-corrected chi connectivity index (χ0v) is 7.79. The lowest BCUT2D eigenvalue weighted by molar-refractivity contribution is -0.136. The minimum absolute atomic E-state index is 0.0845. The van der Waals surface area contributed by atoms with E-state index in [0.29, 0.717) is 11.7 Å². The summed E-state index contributed by atoms with van der Waals surface area (Å²) in [7, 11) is 1.69. The number of amides is 1. The number of nitrogens with zero attached hydrogens (tertiary/aromatic N) is 1. The lowest BCUT2D eigenvalue weighted by Crippen LogP contribution is -2.56. The number of rotatable bonds is 0. The van der Waals surface area contributed by atoms with Gasteiger partial charge < -0.3 is 5.32 Å². The fourth-order valence-electron chi connectivity index (χ4n) is 1.04. The Balaban J connectivity index is 2.84. The van der Waals surface area contributed by atoms with Crippen LogP contribution in [-0.4, -0.2) is 29.5 Å². The van der Waals surface area contributed by atoms with Gasteiger partial charge in [0.15, 0.2) is 5.11 Å². The SMILES string of the molecule is CN1C(=O)C(C)(C)CNC1=S. The van der Waals surface area contributed by atoms with Crippen molar-refractivity contribution in [1.29, 1.82) is 0 Å². The summed E-state index contributed by atoms with van der Waals surface area (Å²) in [5, 5.41) is 3.51. The Morgan fingerprint density at radius 1 is 1.64 bits per heavy atom. The molecule has 1 rings (SSSR count). The summed E-state index contributed by atoms with van der Waals surface area (Å²) < 4.78 is 0. The summed E-state index contributed by atoms with van der Waals surface area (Å²) in [6.07, 6.45) is 0. The van der Waals surface area contributed by atoms with Crippen molar-refractivity contribution in [3.63, 3.8) is 0 Å². The predicted octanol–water partition coefficient (Wildman–Crippen LogP) is 0.359. The molecule has 0 bridgehead atoms. The average Bonchev–Trinajstić information content (AvgIpc) is 1.95. The molecule has 1 amide bonds. The monoisotopic (exact) mass is 172 g/mol. The Bertz CT molecular complexity index is 212. The molecular weight excluding hydrogens is 160 g/mol. The van der Waals surface area contributed by atoms with Crippen LogP contribution in [0.25, 0.3) is 0 Å². The van der Waals surface area contributed by atoms with Crippen molar-refractivity contribution < 1.29 is 4.79 Å². The third kappa shape index (κ3) is 1.35. The van der Waals surface area contributed by atoms with Crippen molar-refractivity contribution in [2.45, 2.75) is 13.8 Å². The molecule has 0 spiro atoms. The van der Waals surface area contributed by atoms with Gasteiger partial charge in [0.2, 0.25) is 5.91 Å². The molecule has 1 aliphatic heterocycles. The molecule has 3 nitrogen and oxygen atoms in total. The van der Waals surface area contributed by atoms with Gasteiger partial charge in [-0.2, -0.15) is 0 Å². The lowest BCUT2D eigenvalue weighted by Gasteiger charge is -2.35. The molecule has 0 atom stereocenters. The molecule has 0 unspecified atom stereocenters. The van der Waals surface area contributed by atoms with E-state index in [4.69, 9.17) is 12.2 Å². The van der Waals surface area contributed by atoms with Gasteiger partial charge in [-0.05, 0) is 26.1 Å². The summed E-state index contributed by atoms with van der Waals surface area (Å²) in [4.78, 5) is 12.9. The molecule has 1 fully saturated rings. The molecule has 4 heteroatoms. The first kappa shape index (κ1) is 8.46. The van der Waals surface area contributed by atoms with Crippen LogP contribution in [0.5, 0.6) is 0 Å². The van der Waals surface area contributed by atoms with E-state index in [2.05, 4.69) is 5.32 Å². The van der Waals surface area contributed by atoms with E-state index in [-0.39, 0.29) is 11.3 Å². The molecular formula is C7H12N2OS. The molecule has 0 aromatic heterocycles. The van der Waals surface area contributed by atoms with Crippen LogP contribution in [0.3, 0.4) is 0 Å². The molecule has 1 heterocycles. The summed E-state index contributed by atoms with van der Waals surface area (Å²) >= 11 is 4.90. The molecule has 62 valence electrons. The first-order chi connectivity index (χ1) is 4.95. The molecule has 0 aliphatic carbocycles. The van der Waals surface area contributed by atoms with Gasteiger partial charge in [-0.25, -0.2) is 0 Å². The number of carbonyl (C=O) groups is 1. The summed E-state index contributed by atoms with van der Waals surface area (Å²) in [6.45, 7) is 4.44. The Labute approximate surface area is 71.8 Å². The lowest BCUT2D eigenvalue weighted by atomic mass is 9.90. The van der Waals surface area contributed by atoms with E-state index in [1.54, 1.807) is 7.05 Å². The summed E-state index contributed by atoms with van der Waals surface area (Å²) in [6, 6.07) is 0. The highest BCUT2D eigenvalue weighted by Crippen LogP contribution is 2.20. The smallest absolute Gasteiger partial charge is 0.235 e. The van der Waals surface area contributed by atoms with E-state index in [9.17, 15) is 4.79 Å². The van der Waals surface area contributed by atoms with Crippen LogP contribution >= 0.6 is 12.2 Å². The van der Waals surface area contributed by atoms with Crippen LogP contribution in [0.2, 0.25) is 0 Å². The summed E-state index contributed by atoms with van der Waals surface area (Å²) in [5.41, 5.74) is -0.322. The van der Waals surface area contributed by atoms with Gasteiger partial charge in [0.1, 0.15) is 0 Å². The number of hydrogen-bond donors (Lipinski definition) is 1. The Kier molecular flexibility index (Phi) is 1.88. The van der Waals surface area contributed by atoms with Gasteiger partial charge in [0, 0.05) is 13.6 Å². The highest BCUT2D eigenvalue weighted by atomic mass is 32.1. The van der Waals surface area contributed by atoms with E-state index in [1.165, 1.54) is 4.90 Å². The van der Waals surface area contributed by atoms with Crippen molar-refractivity contribution in [3.8, 4) is 0 Å². The fourth-order valence-corrected chi connectivity index (χ4v) is 1.19. The van der Waals surface area contributed by atoms with Crippen molar-refractivity contribution in [3.05, 3.63) is 0 Å². The van der Waals surface area contributed by atoms with Crippen LogP contribution in [-0.2, 0) is 4.79 Å². The third-order valence-corrected chi connectivity index (χ3v) is 2.29. The first-order valence-electron chi connectivity index (χ1n) is 3.51. The molecule has 0 saturated carbocycles. The Morgan fingerprint density at radius 3 is 2.64 bits per heavy atom. The van der Waals surface area contributed by atoms with Gasteiger partial charge in [-0.1, -0.05) is 0 Å². The minimum atomic E-state index is -0.322. The maximum absolute atomic E-state index is 11.5. The molecule has 0 aromatic carbocycles. The fraction of sp³-hybridized carbons (Fsp3) is 0.714. The summed E-state index contributed by atoms with van der Waals surface area (Å²) in [5.74, 6) is 0.0845. The maximum atomic E-state index is 11.5. The minimum Gasteiger partial charge on any atom is -0.361 e. The highest BCUT2D eigenvalue weighted by molar-refractivity contribution is 7.80. The van der Waals surface area contributed by atoms with Gasteiger partial charge >= 0.3 is 0 Å². The topological polar surface area (TPSA) is 32.3 Å². The second kappa shape index (κ2) is 2.44. The average molecular weight is 172 g/mol. The van der Waals surface area contributed by atoms with Crippen molar-refractivity contribution in [1.82, 2.24) is 10.2 Å². The number of hydrogen-bond acceptors (Lipinski definition) is 2. The van der Waals surface area contributed by atoms with E-state index >= 15 is 0 Å². The number of thiocarbonyl (C=S) groups is 1. The molecule has 11 heavy (non-hydrogen) atoms. The zero-order valence-electron chi connectivity index (χ0n) is 6.97. The van der Waals surface area contributed by atoms with Crippen LogP contribution in [0.15, 0.2) is 0 Å². The van der Waals surface area contributed by atoms with Gasteiger partial charge in [0.25, 0.3) is 0 Å². The zero-order chi connectivity index (χ0) is 8.65. The van der Waals surface area contributed by atoms with Gasteiger partial charge in [-0.15, -0.1) is 0 Å². The van der Waals surface area contributed by atoms with Crippen LogP contribution < -0.4 is 5.32 Å². The predicted molar refractivity (Wildman–Crippen MR) is 47.2 cm³/mol. The Hall–Kier alpha value is -0.640. The maximum Gasteiger partial charge on any atom is 0.235 e. The van der Waals surface area contributed by atoms with Crippen molar-refractivity contribution in [2.75, 3.05) is 13.6 Å². The van der Waals surface area contributed by atoms with Gasteiger partial charge in [-0.3, -0.25) is 9.69 Å². The van der Waals surface area contributed by atoms with Crippen molar-refractivity contribution >= 4 is 23.2 Å². The number of carbonyl (C=O) groups excluding carboxylic acids is 1. The highest BCUT2D eigenvalue weighted by Gasteiger charge is 2.36. The quantitative estimate of drug-likeness (QED) is 0.535. The molecule has 1 N–H and O–H groups in total. The molecule has 0 aromatic rings. The van der Waals surface area contributed by atoms with E-state index < -0.39 is 0 Å².